The molecule has 1 aliphatic carbocycles. The van der Waals surface area contributed by atoms with Crippen LogP contribution in [0, 0.1) is 0 Å². The maximum absolute atomic E-state index is 13.2. The molecule has 1 heterocycles. The fourth-order valence-electron chi connectivity index (χ4n) is 3.80. The minimum absolute atomic E-state index is 0.0293. The summed E-state index contributed by atoms with van der Waals surface area (Å²) in [5.41, 5.74) is 0.750. The number of hydrogen-bond acceptors (Lipinski definition) is 4. The Morgan fingerprint density at radius 2 is 1.86 bits per heavy atom. The number of para-hydroxylation sites is 1. The van der Waals surface area contributed by atoms with Crippen LogP contribution in [-0.2, 0) is 9.59 Å². The minimum Gasteiger partial charge on any atom is -0.326 e. The van der Waals surface area contributed by atoms with Crippen LogP contribution < -0.4 is 5.32 Å². The van der Waals surface area contributed by atoms with Crippen molar-refractivity contribution < 1.29 is 9.59 Å². The first kappa shape index (κ1) is 20.6. The van der Waals surface area contributed by atoms with Crippen LogP contribution in [0.3, 0.4) is 0 Å². The quantitative estimate of drug-likeness (QED) is 0.710. The molecule has 5 nitrogen and oxygen atoms in total. The summed E-state index contributed by atoms with van der Waals surface area (Å²) in [6, 6.07) is 9.55. The highest BCUT2D eigenvalue weighted by Gasteiger charge is 2.42. The van der Waals surface area contributed by atoms with E-state index in [0.717, 1.165) is 36.5 Å². The van der Waals surface area contributed by atoms with Crippen molar-refractivity contribution in [2.75, 3.05) is 11.9 Å². The molecule has 1 aliphatic heterocycles. The lowest BCUT2D eigenvalue weighted by atomic mass is 9.95. The van der Waals surface area contributed by atoms with E-state index in [1.54, 1.807) is 6.08 Å². The Labute approximate surface area is 171 Å². The number of nitrogens with zero attached hydrogens (tertiary/aromatic N) is 2. The molecule has 0 aromatic heterocycles. The zero-order valence-electron chi connectivity index (χ0n) is 16.3. The molecule has 0 spiro atoms. The first-order valence-electron chi connectivity index (χ1n) is 10.2. The zero-order chi connectivity index (χ0) is 19.8. The van der Waals surface area contributed by atoms with E-state index in [9.17, 15) is 9.59 Å². The summed E-state index contributed by atoms with van der Waals surface area (Å²) in [4.78, 5) is 32.1. The van der Waals surface area contributed by atoms with Crippen molar-refractivity contribution in [3.05, 3.63) is 43.0 Å². The number of hydrogen-bond donors (Lipinski definition) is 1. The van der Waals surface area contributed by atoms with Crippen LogP contribution in [0.25, 0.3) is 0 Å². The van der Waals surface area contributed by atoms with Gasteiger partial charge in [0.05, 0.1) is 6.54 Å². The molecule has 2 fully saturated rings. The number of amides is 2. The third kappa shape index (κ3) is 5.47. The number of carbonyl (C=O) groups is 2. The molecule has 1 saturated carbocycles. The highest BCUT2D eigenvalue weighted by molar-refractivity contribution is 8.15. The van der Waals surface area contributed by atoms with E-state index in [0.29, 0.717) is 6.54 Å². The molecular formula is C22H29N3O2S. The number of aliphatic imine (C=N–C) groups is 1. The number of benzene rings is 1. The molecule has 1 aromatic rings. The predicted molar refractivity (Wildman–Crippen MR) is 117 cm³/mol. The molecule has 1 N–H and O–H groups in total. The molecule has 2 amide bonds. The van der Waals surface area contributed by atoms with Crippen LogP contribution in [0.4, 0.5) is 5.69 Å². The van der Waals surface area contributed by atoms with Gasteiger partial charge in [-0.25, -0.2) is 0 Å². The second kappa shape index (κ2) is 10.5. The molecule has 2 aliphatic rings. The van der Waals surface area contributed by atoms with Gasteiger partial charge in [-0.15, -0.1) is 6.58 Å². The highest BCUT2D eigenvalue weighted by atomic mass is 32.2. The van der Waals surface area contributed by atoms with E-state index < -0.39 is 5.25 Å². The Morgan fingerprint density at radius 1 is 1.18 bits per heavy atom. The molecule has 150 valence electrons. The standard InChI is InChI=1S/C22H29N3O2S/c1-2-15-23-22-25(18-13-9-4-3-5-10-14-18)21(27)19(28-22)16-20(26)24-17-11-7-6-8-12-17/h2,6-8,11-12,18-19H,1,3-5,9-10,13-16H2,(H,24,26). The number of carbonyl (C=O) groups excluding carboxylic acids is 2. The Balaban J connectivity index is 1.69. The molecule has 28 heavy (non-hydrogen) atoms. The van der Waals surface area contributed by atoms with Crippen molar-refractivity contribution in [3.8, 4) is 0 Å². The Bertz CT molecular complexity index is 712. The monoisotopic (exact) mass is 399 g/mol. The van der Waals surface area contributed by atoms with E-state index in [4.69, 9.17) is 0 Å². The molecule has 0 radical (unpaired) electrons. The summed E-state index contributed by atoms with van der Waals surface area (Å²) in [6.45, 7) is 4.22. The van der Waals surface area contributed by atoms with Gasteiger partial charge < -0.3 is 5.32 Å². The van der Waals surface area contributed by atoms with Gasteiger partial charge in [-0.05, 0) is 25.0 Å². The lowest BCUT2D eigenvalue weighted by Crippen LogP contribution is -2.42. The smallest absolute Gasteiger partial charge is 0.242 e. The normalized spacial score (nSPS) is 22.7. The lowest BCUT2D eigenvalue weighted by molar-refractivity contribution is -0.129. The SMILES string of the molecule is C=CCN=C1SC(CC(=O)Nc2ccccc2)C(=O)N1C1CCCCCCC1. The van der Waals surface area contributed by atoms with Crippen molar-refractivity contribution in [2.24, 2.45) is 4.99 Å². The number of amidine groups is 1. The van der Waals surface area contributed by atoms with E-state index >= 15 is 0 Å². The summed E-state index contributed by atoms with van der Waals surface area (Å²) in [6.07, 6.45) is 9.97. The van der Waals surface area contributed by atoms with Gasteiger partial charge in [-0.3, -0.25) is 19.5 Å². The third-order valence-electron chi connectivity index (χ3n) is 5.19. The van der Waals surface area contributed by atoms with Crippen LogP contribution in [0.1, 0.15) is 51.4 Å². The first-order valence-corrected chi connectivity index (χ1v) is 11.1. The third-order valence-corrected chi connectivity index (χ3v) is 6.38. The van der Waals surface area contributed by atoms with Gasteiger partial charge in [0.2, 0.25) is 11.8 Å². The summed E-state index contributed by atoms with van der Waals surface area (Å²) in [7, 11) is 0. The summed E-state index contributed by atoms with van der Waals surface area (Å²) in [5.74, 6) is -0.110. The van der Waals surface area contributed by atoms with Crippen molar-refractivity contribution in [1.29, 1.82) is 0 Å². The summed E-state index contributed by atoms with van der Waals surface area (Å²) >= 11 is 1.43. The van der Waals surface area contributed by atoms with Crippen molar-refractivity contribution >= 4 is 34.4 Å². The summed E-state index contributed by atoms with van der Waals surface area (Å²) < 4.78 is 0. The molecule has 1 unspecified atom stereocenters. The first-order chi connectivity index (χ1) is 13.7. The highest BCUT2D eigenvalue weighted by Crippen LogP contribution is 2.35. The molecule has 6 heteroatoms. The second-order valence-corrected chi connectivity index (χ2v) is 8.51. The van der Waals surface area contributed by atoms with Crippen LogP contribution in [0.5, 0.6) is 0 Å². The van der Waals surface area contributed by atoms with Crippen LogP contribution in [0.2, 0.25) is 0 Å². The van der Waals surface area contributed by atoms with Gasteiger partial charge in [0.15, 0.2) is 5.17 Å². The fraction of sp³-hybridized carbons (Fsp3) is 0.500. The Morgan fingerprint density at radius 3 is 2.54 bits per heavy atom. The van der Waals surface area contributed by atoms with Gasteiger partial charge in [-0.2, -0.15) is 0 Å². The largest absolute Gasteiger partial charge is 0.326 e. The van der Waals surface area contributed by atoms with Crippen molar-refractivity contribution in [3.63, 3.8) is 0 Å². The molecule has 1 atom stereocenters. The van der Waals surface area contributed by atoms with Crippen LogP contribution in [-0.4, -0.2) is 39.7 Å². The average molecular weight is 400 g/mol. The van der Waals surface area contributed by atoms with Gasteiger partial charge >= 0.3 is 0 Å². The molecular weight excluding hydrogens is 370 g/mol. The number of rotatable bonds is 6. The average Bonchev–Trinajstić information content (AvgIpc) is 2.96. The lowest BCUT2D eigenvalue weighted by Gasteiger charge is -2.29. The van der Waals surface area contributed by atoms with E-state index in [-0.39, 0.29) is 24.3 Å². The van der Waals surface area contributed by atoms with Crippen LogP contribution in [0.15, 0.2) is 48.0 Å². The van der Waals surface area contributed by atoms with E-state index in [2.05, 4.69) is 16.9 Å². The van der Waals surface area contributed by atoms with Crippen molar-refractivity contribution in [2.45, 2.75) is 62.7 Å². The minimum atomic E-state index is -0.405. The molecule has 1 saturated heterocycles. The topological polar surface area (TPSA) is 61.8 Å². The van der Waals surface area contributed by atoms with Crippen LogP contribution >= 0.6 is 11.8 Å². The zero-order valence-corrected chi connectivity index (χ0v) is 17.1. The fourth-order valence-corrected chi connectivity index (χ4v) is 5.00. The Kier molecular flexibility index (Phi) is 7.71. The molecule has 1 aromatic carbocycles. The number of thioether (sulfide) groups is 1. The second-order valence-electron chi connectivity index (χ2n) is 7.34. The number of nitrogens with one attached hydrogen (secondary N) is 1. The van der Waals surface area contributed by atoms with Gasteiger partial charge in [0, 0.05) is 18.2 Å². The maximum Gasteiger partial charge on any atom is 0.242 e. The van der Waals surface area contributed by atoms with E-state index in [1.807, 2.05) is 35.2 Å². The van der Waals surface area contributed by atoms with E-state index in [1.165, 1.54) is 31.0 Å². The molecule has 3 rings (SSSR count). The summed E-state index contributed by atoms with van der Waals surface area (Å²) in [5, 5.41) is 3.23. The predicted octanol–water partition coefficient (Wildman–Crippen LogP) is 4.61. The van der Waals surface area contributed by atoms with Gasteiger partial charge in [0.1, 0.15) is 5.25 Å². The maximum atomic E-state index is 13.2. The number of anilines is 1. The van der Waals surface area contributed by atoms with Gasteiger partial charge in [0.25, 0.3) is 0 Å². The van der Waals surface area contributed by atoms with Gasteiger partial charge in [-0.1, -0.05) is 68.1 Å². The van der Waals surface area contributed by atoms with Crippen molar-refractivity contribution in [1.82, 2.24) is 4.90 Å². The Hall–Kier alpha value is -2.08. The molecule has 0 bridgehead atoms.